The molecule has 10 heteroatoms. The van der Waals surface area contributed by atoms with Crippen molar-refractivity contribution in [3.63, 3.8) is 0 Å². The van der Waals surface area contributed by atoms with E-state index in [0.717, 1.165) is 38.1 Å². The molecule has 0 saturated heterocycles. The van der Waals surface area contributed by atoms with Crippen molar-refractivity contribution >= 4 is 51.0 Å². The smallest absolute Gasteiger partial charge is 0.264 e. The van der Waals surface area contributed by atoms with Gasteiger partial charge in [0, 0.05) is 22.6 Å². The molecular formula is C29H28Cl2N4O3S. The van der Waals surface area contributed by atoms with Gasteiger partial charge in [-0.15, -0.1) is 0 Å². The van der Waals surface area contributed by atoms with E-state index in [1.54, 1.807) is 36.4 Å². The number of nitrogens with one attached hydrogen (secondary N) is 1. The molecule has 0 bridgehead atoms. The van der Waals surface area contributed by atoms with Crippen LogP contribution in [0, 0.1) is 27.7 Å². The summed E-state index contributed by atoms with van der Waals surface area (Å²) in [6.07, 6.45) is 1.53. The molecule has 4 rings (SSSR count). The molecule has 7 nitrogen and oxygen atoms in total. The molecule has 0 aliphatic heterocycles. The van der Waals surface area contributed by atoms with Crippen molar-refractivity contribution in [1.82, 2.24) is 9.99 Å². The van der Waals surface area contributed by atoms with Gasteiger partial charge in [0.2, 0.25) is 0 Å². The molecule has 1 aromatic heterocycles. The topological polar surface area (TPSA) is 83.8 Å². The van der Waals surface area contributed by atoms with Gasteiger partial charge in [0.05, 0.1) is 26.8 Å². The van der Waals surface area contributed by atoms with Crippen LogP contribution in [-0.2, 0) is 14.8 Å². The molecule has 0 atom stereocenters. The van der Waals surface area contributed by atoms with E-state index in [4.69, 9.17) is 23.2 Å². The summed E-state index contributed by atoms with van der Waals surface area (Å²) < 4.78 is 30.3. The van der Waals surface area contributed by atoms with Crippen molar-refractivity contribution in [3.05, 3.63) is 111 Å². The van der Waals surface area contributed by atoms with E-state index >= 15 is 0 Å². The first-order chi connectivity index (χ1) is 18.5. The monoisotopic (exact) mass is 582 g/mol. The lowest BCUT2D eigenvalue weighted by molar-refractivity contribution is -0.119. The Morgan fingerprint density at radius 2 is 1.67 bits per heavy atom. The lowest BCUT2D eigenvalue weighted by atomic mass is 10.1. The fourth-order valence-electron chi connectivity index (χ4n) is 4.29. The number of anilines is 1. The molecule has 0 saturated carbocycles. The number of carbonyl (C=O) groups is 1. The molecule has 0 aliphatic carbocycles. The van der Waals surface area contributed by atoms with Gasteiger partial charge < -0.3 is 4.57 Å². The molecule has 4 aromatic rings. The van der Waals surface area contributed by atoms with Crippen LogP contribution in [0.1, 0.15) is 28.1 Å². The van der Waals surface area contributed by atoms with E-state index in [9.17, 15) is 13.2 Å². The number of hydrogen-bond acceptors (Lipinski definition) is 4. The maximum absolute atomic E-state index is 13.6. The molecule has 3 aromatic carbocycles. The summed E-state index contributed by atoms with van der Waals surface area (Å²) in [5.74, 6) is -0.579. The Balaban J connectivity index is 1.58. The van der Waals surface area contributed by atoms with Crippen LogP contribution in [0.3, 0.4) is 0 Å². The quantitative estimate of drug-likeness (QED) is 0.194. The van der Waals surface area contributed by atoms with Gasteiger partial charge in [0.1, 0.15) is 6.54 Å². The summed E-state index contributed by atoms with van der Waals surface area (Å²) in [6.45, 7) is 7.10. The van der Waals surface area contributed by atoms with Crippen molar-refractivity contribution in [3.8, 4) is 5.69 Å². The minimum absolute atomic E-state index is 0.0944. The van der Waals surface area contributed by atoms with E-state index in [1.165, 1.54) is 18.3 Å². The van der Waals surface area contributed by atoms with Gasteiger partial charge in [-0.2, -0.15) is 5.10 Å². The number of sulfonamides is 1. The highest BCUT2D eigenvalue weighted by Gasteiger charge is 2.28. The first-order valence-corrected chi connectivity index (χ1v) is 14.3. The van der Waals surface area contributed by atoms with Gasteiger partial charge in [-0.05, 0) is 81.3 Å². The van der Waals surface area contributed by atoms with E-state index < -0.39 is 22.5 Å². The number of carbonyl (C=O) groups excluding carboxylic acids is 1. The highest BCUT2D eigenvalue weighted by Crippen LogP contribution is 2.29. The second-order valence-electron chi connectivity index (χ2n) is 9.17. The lowest BCUT2D eigenvalue weighted by Gasteiger charge is -2.25. The zero-order valence-electron chi connectivity index (χ0n) is 21.9. The standard InChI is InChI=1S/C29H28Cl2N4O3S/c1-19-10-11-20(2)28(14-19)34(39(37,38)25-8-6-5-7-9-25)18-29(36)33-32-17-23-15-21(3)35(22(23)4)24-12-13-26(30)27(31)16-24/h5-17H,18H2,1-4H3,(H,33,36)/b32-17-. The normalized spacial score (nSPS) is 11.6. The van der Waals surface area contributed by atoms with Crippen LogP contribution in [-0.4, -0.2) is 31.7 Å². The first-order valence-electron chi connectivity index (χ1n) is 12.1. The summed E-state index contributed by atoms with van der Waals surface area (Å²) in [6, 6.07) is 20.8. The predicted octanol–water partition coefficient (Wildman–Crippen LogP) is 6.36. The van der Waals surface area contributed by atoms with Gasteiger partial charge in [-0.1, -0.05) is 53.5 Å². The van der Waals surface area contributed by atoms with E-state index in [2.05, 4.69) is 10.5 Å². The van der Waals surface area contributed by atoms with Crippen molar-refractivity contribution in [2.45, 2.75) is 32.6 Å². The number of nitrogens with zero attached hydrogens (tertiary/aromatic N) is 3. The molecule has 1 heterocycles. The molecule has 202 valence electrons. The Morgan fingerprint density at radius 1 is 0.949 bits per heavy atom. The predicted molar refractivity (Wildman–Crippen MR) is 158 cm³/mol. The van der Waals surface area contributed by atoms with Crippen LogP contribution < -0.4 is 9.73 Å². The van der Waals surface area contributed by atoms with Gasteiger partial charge in [-0.3, -0.25) is 9.10 Å². The Kier molecular flexibility index (Phi) is 8.49. The fourth-order valence-corrected chi connectivity index (χ4v) is 6.08. The number of aryl methyl sites for hydroxylation is 3. The van der Waals surface area contributed by atoms with Gasteiger partial charge >= 0.3 is 0 Å². The molecule has 1 N–H and O–H groups in total. The Morgan fingerprint density at radius 3 is 2.36 bits per heavy atom. The third-order valence-corrected chi connectivity index (χ3v) is 8.79. The summed E-state index contributed by atoms with van der Waals surface area (Å²) in [4.78, 5) is 13.1. The van der Waals surface area contributed by atoms with Crippen LogP contribution in [0.15, 0.2) is 82.8 Å². The lowest BCUT2D eigenvalue weighted by Crippen LogP contribution is -2.40. The molecule has 0 aliphatic rings. The SMILES string of the molecule is Cc1ccc(C)c(N(CC(=O)N/N=C\c2cc(C)n(-c3ccc(Cl)c(Cl)c3)c2C)S(=O)(=O)c2ccccc2)c1. The average Bonchev–Trinajstić information content (AvgIpc) is 3.18. The van der Waals surface area contributed by atoms with E-state index in [1.807, 2.05) is 56.5 Å². The summed E-state index contributed by atoms with van der Waals surface area (Å²) in [7, 11) is -4.01. The maximum atomic E-state index is 13.6. The number of aromatic nitrogens is 1. The van der Waals surface area contributed by atoms with Crippen LogP contribution >= 0.6 is 23.2 Å². The van der Waals surface area contributed by atoms with Gasteiger partial charge in [0.25, 0.3) is 15.9 Å². The highest BCUT2D eigenvalue weighted by molar-refractivity contribution is 7.92. The minimum atomic E-state index is -4.01. The Labute approximate surface area is 238 Å². The summed E-state index contributed by atoms with van der Waals surface area (Å²) in [5.41, 5.74) is 7.96. The molecular weight excluding hydrogens is 555 g/mol. The first kappa shape index (κ1) is 28.4. The highest BCUT2D eigenvalue weighted by atomic mass is 35.5. The zero-order valence-corrected chi connectivity index (χ0v) is 24.3. The van der Waals surface area contributed by atoms with E-state index in [-0.39, 0.29) is 4.90 Å². The van der Waals surface area contributed by atoms with Crippen molar-refractivity contribution < 1.29 is 13.2 Å². The zero-order chi connectivity index (χ0) is 28.3. The molecule has 0 unspecified atom stereocenters. The average molecular weight is 584 g/mol. The number of rotatable bonds is 8. The number of benzene rings is 3. The second-order valence-corrected chi connectivity index (χ2v) is 11.8. The minimum Gasteiger partial charge on any atom is -0.318 e. The van der Waals surface area contributed by atoms with Gasteiger partial charge in [0.15, 0.2) is 0 Å². The van der Waals surface area contributed by atoms with Crippen LogP contribution in [0.2, 0.25) is 10.0 Å². The number of amides is 1. The second kappa shape index (κ2) is 11.7. The van der Waals surface area contributed by atoms with Crippen molar-refractivity contribution in [1.29, 1.82) is 0 Å². The Hall–Kier alpha value is -3.59. The number of hydrazone groups is 1. The summed E-state index contributed by atoms with van der Waals surface area (Å²) >= 11 is 12.3. The molecule has 0 radical (unpaired) electrons. The van der Waals surface area contributed by atoms with Crippen LogP contribution in [0.4, 0.5) is 5.69 Å². The van der Waals surface area contributed by atoms with Gasteiger partial charge in [-0.25, -0.2) is 13.8 Å². The number of halogens is 2. The molecule has 1 amide bonds. The molecule has 39 heavy (non-hydrogen) atoms. The molecule has 0 spiro atoms. The maximum Gasteiger partial charge on any atom is 0.264 e. The molecule has 0 fully saturated rings. The Bertz CT molecular complexity index is 1670. The third-order valence-electron chi connectivity index (χ3n) is 6.28. The summed E-state index contributed by atoms with van der Waals surface area (Å²) in [5, 5.41) is 5.03. The van der Waals surface area contributed by atoms with Crippen molar-refractivity contribution in [2.75, 3.05) is 10.8 Å². The number of hydrogen-bond donors (Lipinski definition) is 1. The van der Waals surface area contributed by atoms with Crippen LogP contribution in [0.5, 0.6) is 0 Å². The largest absolute Gasteiger partial charge is 0.318 e. The van der Waals surface area contributed by atoms with Crippen LogP contribution in [0.25, 0.3) is 5.69 Å². The third kappa shape index (κ3) is 6.19. The fraction of sp³-hybridized carbons (Fsp3) is 0.172. The van der Waals surface area contributed by atoms with Crippen molar-refractivity contribution in [2.24, 2.45) is 5.10 Å². The van der Waals surface area contributed by atoms with E-state index in [0.29, 0.717) is 15.7 Å².